The molecule has 1 amide bonds. The molecule has 0 saturated heterocycles. The van der Waals surface area contributed by atoms with Crippen LogP contribution in [0.5, 0.6) is 0 Å². The second-order valence-corrected chi connectivity index (χ2v) is 5.89. The summed E-state index contributed by atoms with van der Waals surface area (Å²) >= 11 is 0. The Balaban J connectivity index is 2.65. The van der Waals surface area contributed by atoms with Crippen LogP contribution >= 0.6 is 0 Å². The maximum absolute atomic E-state index is 11.9. The van der Waals surface area contributed by atoms with E-state index in [-0.39, 0.29) is 23.2 Å². The van der Waals surface area contributed by atoms with Crippen LogP contribution in [0.4, 0.5) is 0 Å². The second kappa shape index (κ2) is 5.48. The molecule has 6 nitrogen and oxygen atoms in total. The average molecular weight is 253 g/mol. The fraction of sp³-hybridized carbons (Fsp3) is 0.750. The van der Waals surface area contributed by atoms with Crippen molar-refractivity contribution in [1.82, 2.24) is 25.4 Å². The predicted octanol–water partition coefficient (Wildman–Crippen LogP) is 0.782. The highest BCUT2D eigenvalue weighted by molar-refractivity contribution is 5.90. The van der Waals surface area contributed by atoms with E-state index in [0.717, 1.165) is 6.54 Å². The van der Waals surface area contributed by atoms with Gasteiger partial charge in [-0.05, 0) is 21.0 Å². The minimum Gasteiger partial charge on any atom is -0.346 e. The molecule has 0 bridgehead atoms. The van der Waals surface area contributed by atoms with Gasteiger partial charge in [-0.2, -0.15) is 0 Å². The Bertz CT molecular complexity index is 405. The van der Waals surface area contributed by atoms with Gasteiger partial charge in [0.25, 0.3) is 5.91 Å². The average Bonchev–Trinajstić information content (AvgIpc) is 2.63. The number of carbonyl (C=O) groups excluding carboxylic acids is 1. The van der Waals surface area contributed by atoms with Crippen molar-refractivity contribution in [3.63, 3.8) is 0 Å². The minimum absolute atomic E-state index is 0.0593. The van der Waals surface area contributed by atoms with Crippen LogP contribution in [0.3, 0.4) is 0 Å². The van der Waals surface area contributed by atoms with Crippen molar-refractivity contribution in [3.8, 4) is 0 Å². The second-order valence-electron chi connectivity index (χ2n) is 5.89. The van der Waals surface area contributed by atoms with Crippen LogP contribution in [0, 0.1) is 0 Å². The van der Waals surface area contributed by atoms with E-state index in [1.165, 1.54) is 0 Å². The van der Waals surface area contributed by atoms with Crippen LogP contribution in [0.1, 0.15) is 44.1 Å². The maximum Gasteiger partial charge on any atom is 0.291 e. The number of hydrogen-bond donors (Lipinski definition) is 2. The highest BCUT2D eigenvalue weighted by Crippen LogP contribution is 2.17. The highest BCUT2D eigenvalue weighted by atomic mass is 16.2. The molecule has 0 aromatic carbocycles. The molecule has 0 saturated carbocycles. The molecule has 0 aliphatic rings. The van der Waals surface area contributed by atoms with Crippen LogP contribution < -0.4 is 5.32 Å². The van der Waals surface area contributed by atoms with Crippen LogP contribution in [-0.4, -0.2) is 52.7 Å². The highest BCUT2D eigenvalue weighted by Gasteiger charge is 2.21. The first kappa shape index (κ1) is 14.6. The monoisotopic (exact) mass is 253 g/mol. The third-order valence-electron chi connectivity index (χ3n) is 2.42. The number of hydrogen-bond acceptors (Lipinski definition) is 4. The summed E-state index contributed by atoms with van der Waals surface area (Å²) in [6.07, 6.45) is 0. The summed E-state index contributed by atoms with van der Waals surface area (Å²) in [5.41, 5.74) is -0.138. The van der Waals surface area contributed by atoms with Gasteiger partial charge in [-0.25, -0.2) is 4.98 Å². The van der Waals surface area contributed by atoms with Gasteiger partial charge in [0.2, 0.25) is 5.82 Å². The topological polar surface area (TPSA) is 73.9 Å². The van der Waals surface area contributed by atoms with E-state index in [0.29, 0.717) is 5.82 Å². The third kappa shape index (κ3) is 4.10. The molecule has 18 heavy (non-hydrogen) atoms. The summed E-state index contributed by atoms with van der Waals surface area (Å²) in [4.78, 5) is 18.1. The van der Waals surface area contributed by atoms with E-state index >= 15 is 0 Å². The lowest BCUT2D eigenvalue weighted by molar-refractivity contribution is 0.0924. The Morgan fingerprint density at radius 3 is 2.50 bits per heavy atom. The fourth-order valence-electron chi connectivity index (χ4n) is 1.58. The summed E-state index contributed by atoms with van der Waals surface area (Å²) in [5.74, 6) is 0.676. The molecule has 1 atom stereocenters. The van der Waals surface area contributed by atoms with E-state index in [9.17, 15) is 4.79 Å². The van der Waals surface area contributed by atoms with Crippen LogP contribution in [0.25, 0.3) is 0 Å². The number of H-pyrrole nitrogens is 1. The van der Waals surface area contributed by atoms with Crippen LogP contribution in [-0.2, 0) is 5.41 Å². The molecule has 6 heteroatoms. The number of carbonyl (C=O) groups is 1. The van der Waals surface area contributed by atoms with Crippen molar-refractivity contribution in [3.05, 3.63) is 11.6 Å². The smallest absolute Gasteiger partial charge is 0.291 e. The Kier molecular flexibility index (Phi) is 4.45. The Morgan fingerprint density at radius 2 is 2.06 bits per heavy atom. The lowest BCUT2D eigenvalue weighted by Crippen LogP contribution is -2.40. The zero-order valence-corrected chi connectivity index (χ0v) is 12.0. The van der Waals surface area contributed by atoms with Gasteiger partial charge in [-0.1, -0.05) is 20.8 Å². The number of aromatic amines is 1. The number of nitrogens with one attached hydrogen (secondary N) is 2. The summed E-state index contributed by atoms with van der Waals surface area (Å²) in [7, 11) is 3.93. The largest absolute Gasteiger partial charge is 0.346 e. The molecule has 1 heterocycles. The van der Waals surface area contributed by atoms with Gasteiger partial charge in [-0.3, -0.25) is 9.89 Å². The zero-order valence-electron chi connectivity index (χ0n) is 12.0. The molecular formula is C12H23N5O. The lowest BCUT2D eigenvalue weighted by atomic mass is 9.96. The number of nitrogens with zero attached hydrogens (tertiary/aromatic N) is 3. The maximum atomic E-state index is 11.9. The van der Waals surface area contributed by atoms with Crippen LogP contribution in [0.15, 0.2) is 0 Å². The van der Waals surface area contributed by atoms with Gasteiger partial charge in [-0.15, -0.1) is 5.10 Å². The van der Waals surface area contributed by atoms with Gasteiger partial charge in [0, 0.05) is 18.0 Å². The number of rotatable bonds is 4. The van der Waals surface area contributed by atoms with Crippen molar-refractivity contribution >= 4 is 5.91 Å². The Labute approximate surface area is 108 Å². The summed E-state index contributed by atoms with van der Waals surface area (Å²) in [5, 5.41) is 9.63. The van der Waals surface area contributed by atoms with Gasteiger partial charge in [0.05, 0.1) is 0 Å². The summed E-state index contributed by atoms with van der Waals surface area (Å²) in [6, 6.07) is 0.0593. The SMILES string of the molecule is CC(CN(C)C)NC(=O)c1n[nH]c(C(C)(C)C)n1. The van der Waals surface area contributed by atoms with E-state index in [1.54, 1.807) is 0 Å². The number of likely N-dealkylation sites (N-methyl/N-ethyl adjacent to an activating group) is 1. The lowest BCUT2D eigenvalue weighted by Gasteiger charge is -2.17. The van der Waals surface area contributed by atoms with E-state index in [2.05, 4.69) is 20.5 Å². The summed E-state index contributed by atoms with van der Waals surface area (Å²) < 4.78 is 0. The van der Waals surface area contributed by atoms with Crippen molar-refractivity contribution in [2.45, 2.75) is 39.2 Å². The van der Waals surface area contributed by atoms with Crippen LogP contribution in [0.2, 0.25) is 0 Å². The zero-order chi connectivity index (χ0) is 13.9. The molecule has 0 radical (unpaired) electrons. The molecule has 1 unspecified atom stereocenters. The molecule has 102 valence electrons. The third-order valence-corrected chi connectivity index (χ3v) is 2.42. The normalized spacial score (nSPS) is 13.7. The Morgan fingerprint density at radius 1 is 1.44 bits per heavy atom. The molecule has 0 fully saturated rings. The molecular weight excluding hydrogens is 230 g/mol. The summed E-state index contributed by atoms with van der Waals surface area (Å²) in [6.45, 7) is 8.79. The standard InChI is InChI=1S/C12H23N5O/c1-8(7-17(5)6)13-10(18)9-14-11(16-15-9)12(2,3)4/h8H,7H2,1-6H3,(H,13,18)(H,14,15,16). The predicted molar refractivity (Wildman–Crippen MR) is 70.6 cm³/mol. The first-order chi connectivity index (χ1) is 8.20. The fourth-order valence-corrected chi connectivity index (χ4v) is 1.58. The molecule has 1 aromatic rings. The first-order valence-electron chi connectivity index (χ1n) is 6.08. The molecule has 1 rings (SSSR count). The van der Waals surface area contributed by atoms with E-state index in [1.807, 2.05) is 46.7 Å². The van der Waals surface area contributed by atoms with Crippen molar-refractivity contribution in [2.24, 2.45) is 0 Å². The van der Waals surface area contributed by atoms with Crippen molar-refractivity contribution in [1.29, 1.82) is 0 Å². The van der Waals surface area contributed by atoms with Crippen molar-refractivity contribution < 1.29 is 4.79 Å². The van der Waals surface area contributed by atoms with E-state index in [4.69, 9.17) is 0 Å². The molecule has 2 N–H and O–H groups in total. The molecule has 0 spiro atoms. The first-order valence-corrected chi connectivity index (χ1v) is 6.08. The number of amides is 1. The van der Waals surface area contributed by atoms with Gasteiger partial charge >= 0.3 is 0 Å². The quantitative estimate of drug-likeness (QED) is 0.831. The molecule has 0 aliphatic carbocycles. The Hall–Kier alpha value is -1.43. The van der Waals surface area contributed by atoms with Gasteiger partial charge in [0.15, 0.2) is 0 Å². The minimum atomic E-state index is -0.240. The molecule has 1 aromatic heterocycles. The van der Waals surface area contributed by atoms with E-state index < -0.39 is 0 Å². The number of aromatic nitrogens is 3. The molecule has 0 aliphatic heterocycles. The van der Waals surface area contributed by atoms with Crippen molar-refractivity contribution in [2.75, 3.05) is 20.6 Å². The van der Waals surface area contributed by atoms with Gasteiger partial charge < -0.3 is 10.2 Å². The van der Waals surface area contributed by atoms with Gasteiger partial charge in [0.1, 0.15) is 5.82 Å².